The van der Waals surface area contributed by atoms with Gasteiger partial charge >= 0.3 is 12.2 Å². The summed E-state index contributed by atoms with van der Waals surface area (Å²) in [5.74, 6) is -0.741. The second kappa shape index (κ2) is 4.59. The molecule has 0 fully saturated rings. The second-order valence-electron chi connectivity index (χ2n) is 2.77. The number of nitriles is 1. The summed E-state index contributed by atoms with van der Waals surface area (Å²) >= 11 is 0. The monoisotopic (exact) mass is 228 g/mol. The first kappa shape index (κ1) is 11.9. The van der Waals surface area contributed by atoms with Crippen LogP contribution in [0.2, 0.25) is 0 Å². The van der Waals surface area contributed by atoms with Gasteiger partial charge in [-0.25, -0.2) is 8.78 Å². The Bertz CT molecular complexity index is 470. The lowest BCUT2D eigenvalue weighted by molar-refractivity contribution is -0.389. The summed E-state index contributed by atoms with van der Waals surface area (Å²) in [5.41, 5.74) is 3.90. The molecule has 8 heteroatoms. The van der Waals surface area contributed by atoms with E-state index in [0.717, 1.165) is 6.07 Å². The van der Waals surface area contributed by atoms with Gasteiger partial charge in [-0.05, 0) is 15.5 Å². The van der Waals surface area contributed by atoms with E-state index in [1.165, 1.54) is 6.07 Å². The van der Waals surface area contributed by atoms with Crippen LogP contribution in [0.15, 0.2) is 6.07 Å². The minimum atomic E-state index is -3.06. The topological polar surface area (TPSA) is 106 Å². The molecule has 16 heavy (non-hydrogen) atoms. The van der Waals surface area contributed by atoms with Gasteiger partial charge in [-0.15, -0.1) is 0 Å². The van der Waals surface area contributed by atoms with E-state index in [1.807, 2.05) is 0 Å². The van der Waals surface area contributed by atoms with Gasteiger partial charge in [0.05, 0.1) is 0 Å². The van der Waals surface area contributed by atoms with Gasteiger partial charge in [0.1, 0.15) is 11.6 Å². The van der Waals surface area contributed by atoms with Gasteiger partial charge in [-0.3, -0.25) is 0 Å². The van der Waals surface area contributed by atoms with E-state index in [0.29, 0.717) is 0 Å². The summed E-state index contributed by atoms with van der Waals surface area (Å²) in [6.45, 7) is -0.244. The third-order valence-electron chi connectivity index (χ3n) is 1.84. The molecule has 1 rings (SSSR count). The zero-order chi connectivity index (χ0) is 12.3. The highest BCUT2D eigenvalue weighted by atomic mass is 19.3. The molecule has 2 N–H and O–H groups in total. The highest BCUT2D eigenvalue weighted by molar-refractivity contribution is 5.45. The fourth-order valence-corrected chi connectivity index (χ4v) is 1.15. The van der Waals surface area contributed by atoms with E-state index in [9.17, 15) is 18.9 Å². The van der Waals surface area contributed by atoms with E-state index in [-0.39, 0.29) is 12.1 Å². The first-order chi connectivity index (χ1) is 7.51. The van der Waals surface area contributed by atoms with Crippen molar-refractivity contribution in [2.75, 3.05) is 0 Å². The Morgan fingerprint density at radius 3 is 2.69 bits per heavy atom. The molecule has 0 aliphatic heterocycles. The lowest BCUT2D eigenvalue weighted by atomic mass is 10.1. The van der Waals surface area contributed by atoms with E-state index >= 15 is 0 Å². The van der Waals surface area contributed by atoms with E-state index < -0.39 is 28.4 Å². The number of pyridine rings is 1. The van der Waals surface area contributed by atoms with Crippen molar-refractivity contribution in [2.45, 2.75) is 13.0 Å². The highest BCUT2D eigenvalue weighted by Gasteiger charge is 2.26. The lowest BCUT2D eigenvalue weighted by Crippen LogP contribution is -2.07. The van der Waals surface area contributed by atoms with E-state index in [4.69, 9.17) is 11.0 Å². The molecule has 0 atom stereocenters. The average molecular weight is 228 g/mol. The average Bonchev–Trinajstić information content (AvgIpc) is 2.26. The molecule has 0 saturated heterocycles. The fraction of sp³-hybridized carbons (Fsp3) is 0.250. The van der Waals surface area contributed by atoms with Crippen LogP contribution < -0.4 is 5.73 Å². The van der Waals surface area contributed by atoms with Crippen LogP contribution in [0.4, 0.5) is 14.6 Å². The number of nitrogens with zero attached hydrogens (tertiary/aromatic N) is 3. The fourth-order valence-electron chi connectivity index (χ4n) is 1.15. The zero-order valence-electron chi connectivity index (χ0n) is 7.85. The molecule has 0 saturated carbocycles. The summed E-state index contributed by atoms with van der Waals surface area (Å²) in [6, 6.07) is 2.44. The highest BCUT2D eigenvalue weighted by Crippen LogP contribution is 2.26. The van der Waals surface area contributed by atoms with Crippen molar-refractivity contribution >= 4 is 5.82 Å². The minimum Gasteiger partial charge on any atom is -0.358 e. The van der Waals surface area contributed by atoms with Crippen LogP contribution in [-0.2, 0) is 6.54 Å². The second-order valence-corrected chi connectivity index (χ2v) is 2.77. The smallest absolute Gasteiger partial charge is 0.358 e. The maximum atomic E-state index is 12.5. The standard InChI is InChI=1S/C8H6F2N4O2/c9-8(10)7-5(3-12)4(2-11)1-6(13-7)14(15)16/h1,8H,2,11H2. The third-order valence-corrected chi connectivity index (χ3v) is 1.84. The van der Waals surface area contributed by atoms with Crippen molar-refractivity contribution in [3.63, 3.8) is 0 Å². The molecule has 0 spiro atoms. The summed E-state index contributed by atoms with van der Waals surface area (Å²) in [5, 5.41) is 19.1. The Kier molecular flexibility index (Phi) is 3.42. The minimum absolute atomic E-state index is 0.0144. The van der Waals surface area contributed by atoms with Gasteiger partial charge in [-0.1, -0.05) is 0 Å². The number of hydrogen-bond donors (Lipinski definition) is 1. The number of nitro groups is 1. The Morgan fingerprint density at radius 2 is 2.31 bits per heavy atom. The van der Waals surface area contributed by atoms with Gasteiger partial charge in [0.2, 0.25) is 5.69 Å². The number of hydrogen-bond acceptors (Lipinski definition) is 5. The van der Waals surface area contributed by atoms with Crippen LogP contribution in [0.3, 0.4) is 0 Å². The van der Waals surface area contributed by atoms with Gasteiger partial charge in [-0.2, -0.15) is 5.26 Å². The van der Waals surface area contributed by atoms with Crippen molar-refractivity contribution in [3.8, 4) is 6.07 Å². The number of aromatic nitrogens is 1. The molecule has 0 aromatic carbocycles. The molecular weight excluding hydrogens is 222 g/mol. The summed E-state index contributed by atoms with van der Waals surface area (Å²) in [4.78, 5) is 12.6. The quantitative estimate of drug-likeness (QED) is 0.619. The molecule has 0 aliphatic carbocycles. The van der Waals surface area contributed by atoms with Crippen LogP contribution in [0.5, 0.6) is 0 Å². The largest absolute Gasteiger partial charge is 0.364 e. The summed E-state index contributed by atoms with van der Waals surface area (Å²) < 4.78 is 25.0. The Labute approximate surface area is 88.5 Å². The Balaban J connectivity index is 3.51. The van der Waals surface area contributed by atoms with Crippen LogP contribution in [0, 0.1) is 21.4 Å². The maximum absolute atomic E-state index is 12.5. The molecule has 0 aliphatic rings. The predicted molar refractivity (Wildman–Crippen MR) is 48.5 cm³/mol. The molecule has 1 aromatic heterocycles. The first-order valence-electron chi connectivity index (χ1n) is 4.07. The zero-order valence-corrected chi connectivity index (χ0v) is 7.85. The molecule has 0 bridgehead atoms. The Morgan fingerprint density at radius 1 is 1.69 bits per heavy atom. The number of alkyl halides is 2. The SMILES string of the molecule is N#Cc1c(CN)cc([N+](=O)[O-])nc1C(F)F. The molecule has 0 amide bonds. The molecule has 0 unspecified atom stereocenters. The van der Waals surface area contributed by atoms with Crippen LogP contribution >= 0.6 is 0 Å². The number of nitrogens with two attached hydrogens (primary N) is 1. The van der Waals surface area contributed by atoms with Gasteiger partial charge in [0, 0.05) is 12.6 Å². The predicted octanol–water partition coefficient (Wildman–Crippen LogP) is 1.26. The van der Waals surface area contributed by atoms with Crippen molar-refractivity contribution in [2.24, 2.45) is 5.73 Å². The molecule has 0 radical (unpaired) electrons. The van der Waals surface area contributed by atoms with Crippen molar-refractivity contribution in [1.82, 2.24) is 4.98 Å². The summed E-state index contributed by atoms with van der Waals surface area (Å²) in [6.07, 6.45) is -3.06. The van der Waals surface area contributed by atoms with E-state index in [2.05, 4.69) is 4.98 Å². The lowest BCUT2D eigenvalue weighted by Gasteiger charge is -2.03. The third kappa shape index (κ3) is 2.09. The van der Waals surface area contributed by atoms with Crippen molar-refractivity contribution < 1.29 is 13.7 Å². The molecule has 1 aromatic rings. The van der Waals surface area contributed by atoms with Crippen molar-refractivity contribution in [1.29, 1.82) is 5.26 Å². The van der Waals surface area contributed by atoms with Gasteiger partial charge < -0.3 is 15.8 Å². The van der Waals surface area contributed by atoms with Crippen molar-refractivity contribution in [3.05, 3.63) is 33.0 Å². The number of rotatable bonds is 3. The normalized spacial score (nSPS) is 10.2. The molecule has 6 nitrogen and oxygen atoms in total. The maximum Gasteiger partial charge on any atom is 0.364 e. The van der Waals surface area contributed by atoms with Gasteiger partial charge in [0.15, 0.2) is 0 Å². The summed E-state index contributed by atoms with van der Waals surface area (Å²) in [7, 11) is 0. The van der Waals surface area contributed by atoms with Crippen LogP contribution in [0.1, 0.15) is 23.2 Å². The van der Waals surface area contributed by atoms with Gasteiger partial charge in [0.25, 0.3) is 0 Å². The molecule has 84 valence electrons. The van der Waals surface area contributed by atoms with E-state index in [1.54, 1.807) is 0 Å². The van der Waals surface area contributed by atoms with Crippen LogP contribution in [-0.4, -0.2) is 9.91 Å². The number of halogens is 2. The molecule has 1 heterocycles. The first-order valence-corrected chi connectivity index (χ1v) is 4.07. The molecular formula is C8H6F2N4O2. The Hall–Kier alpha value is -2.14. The van der Waals surface area contributed by atoms with Crippen LogP contribution in [0.25, 0.3) is 0 Å².